The molecule has 0 radical (unpaired) electrons. The minimum absolute atomic E-state index is 0.214. The molecule has 0 aliphatic carbocycles. The lowest BCUT2D eigenvalue weighted by atomic mass is 10.2. The Morgan fingerprint density at radius 3 is 2.79 bits per heavy atom. The lowest BCUT2D eigenvalue weighted by molar-refractivity contribution is 0.215. The zero-order valence-corrected chi connectivity index (χ0v) is 7.80. The molecule has 1 heterocycles. The van der Waals surface area contributed by atoms with Crippen molar-refractivity contribution < 1.29 is 9.26 Å². The third-order valence-electron chi connectivity index (χ3n) is 1.71. The first-order valence-electron chi connectivity index (χ1n) is 4.42. The van der Waals surface area contributed by atoms with Gasteiger partial charge in [-0.3, -0.25) is 4.52 Å². The lowest BCUT2D eigenvalue weighted by Gasteiger charge is -1.91. The molecule has 0 aliphatic rings. The molecule has 0 amide bonds. The molecule has 2 aromatic rings. The summed E-state index contributed by atoms with van der Waals surface area (Å²) in [5.74, 6) is 0.550. The van der Waals surface area contributed by atoms with Gasteiger partial charge in [0.15, 0.2) is 0 Å². The first-order valence-corrected chi connectivity index (χ1v) is 4.42. The third-order valence-corrected chi connectivity index (χ3v) is 1.71. The van der Waals surface area contributed by atoms with Crippen LogP contribution in [0, 0.1) is 0 Å². The van der Waals surface area contributed by atoms with Gasteiger partial charge in [-0.15, -0.1) is 0 Å². The maximum absolute atomic E-state index is 5.07. The average molecular weight is 190 g/mol. The predicted octanol–water partition coefficient (Wildman–Crippen LogP) is 2.14. The van der Waals surface area contributed by atoms with E-state index in [1.165, 1.54) is 0 Å². The Hall–Kier alpha value is -1.84. The van der Waals surface area contributed by atoms with E-state index in [0.29, 0.717) is 12.4 Å². The van der Waals surface area contributed by atoms with Crippen molar-refractivity contribution in [2.24, 2.45) is 0 Å². The number of hydrogen-bond acceptors (Lipinski definition) is 4. The summed E-state index contributed by atoms with van der Waals surface area (Å²) in [4.78, 5) is 4.07. The number of ether oxygens (including phenoxy) is 1. The van der Waals surface area contributed by atoms with Crippen molar-refractivity contribution in [1.29, 1.82) is 0 Å². The molecular weight excluding hydrogens is 180 g/mol. The van der Waals surface area contributed by atoms with Crippen LogP contribution in [0.3, 0.4) is 0 Å². The van der Waals surface area contributed by atoms with Crippen LogP contribution in [0.4, 0.5) is 0 Å². The highest BCUT2D eigenvalue weighted by molar-refractivity contribution is 5.53. The minimum atomic E-state index is 0.214. The molecule has 0 bridgehead atoms. The molecule has 4 nitrogen and oxygen atoms in total. The Balaban J connectivity index is 2.25. The number of hydrogen-bond donors (Lipinski definition) is 0. The van der Waals surface area contributed by atoms with Crippen molar-refractivity contribution in [3.63, 3.8) is 0 Å². The molecule has 0 saturated carbocycles. The highest BCUT2D eigenvalue weighted by Gasteiger charge is 2.07. The summed E-state index contributed by atoms with van der Waals surface area (Å²) in [6, 6.07) is 9.62. The largest absolute Gasteiger partial charge is 0.449 e. The molecule has 0 saturated heterocycles. The van der Waals surface area contributed by atoms with Crippen LogP contribution in [-0.2, 0) is 0 Å². The van der Waals surface area contributed by atoms with Crippen LogP contribution in [0.1, 0.15) is 6.92 Å². The van der Waals surface area contributed by atoms with E-state index in [1.807, 2.05) is 37.3 Å². The van der Waals surface area contributed by atoms with Crippen LogP contribution in [0.15, 0.2) is 34.9 Å². The summed E-state index contributed by atoms with van der Waals surface area (Å²) in [6.45, 7) is 2.39. The second-order valence-corrected chi connectivity index (χ2v) is 2.68. The van der Waals surface area contributed by atoms with Crippen molar-refractivity contribution in [3.05, 3.63) is 30.3 Å². The van der Waals surface area contributed by atoms with Gasteiger partial charge < -0.3 is 4.74 Å². The zero-order valence-electron chi connectivity index (χ0n) is 7.80. The maximum atomic E-state index is 5.07. The summed E-state index contributed by atoms with van der Waals surface area (Å²) in [7, 11) is 0. The molecular formula is C10H10N2O2. The average Bonchev–Trinajstić information content (AvgIpc) is 2.68. The van der Waals surface area contributed by atoms with Crippen molar-refractivity contribution in [2.45, 2.75) is 6.92 Å². The number of benzene rings is 1. The van der Waals surface area contributed by atoms with Gasteiger partial charge in [0.2, 0.25) is 5.82 Å². The minimum Gasteiger partial charge on any atom is -0.449 e. The molecule has 14 heavy (non-hydrogen) atoms. The van der Waals surface area contributed by atoms with E-state index in [9.17, 15) is 0 Å². The summed E-state index contributed by atoms with van der Waals surface area (Å²) >= 11 is 0. The van der Waals surface area contributed by atoms with Gasteiger partial charge in [0.25, 0.3) is 0 Å². The molecule has 2 rings (SSSR count). The van der Waals surface area contributed by atoms with E-state index in [0.717, 1.165) is 5.56 Å². The Morgan fingerprint density at radius 1 is 1.29 bits per heavy atom. The van der Waals surface area contributed by atoms with Gasteiger partial charge in [0, 0.05) is 5.56 Å². The van der Waals surface area contributed by atoms with Crippen molar-refractivity contribution in [1.82, 2.24) is 10.1 Å². The number of rotatable bonds is 3. The Kier molecular flexibility index (Phi) is 2.44. The van der Waals surface area contributed by atoms with E-state index in [4.69, 9.17) is 9.26 Å². The summed E-state index contributed by atoms with van der Waals surface area (Å²) in [5, 5.41) is 3.79. The van der Waals surface area contributed by atoms with Crippen LogP contribution in [0.25, 0.3) is 11.4 Å². The predicted molar refractivity (Wildman–Crippen MR) is 50.9 cm³/mol. The van der Waals surface area contributed by atoms with E-state index in [2.05, 4.69) is 10.1 Å². The highest BCUT2D eigenvalue weighted by atomic mass is 16.6. The number of nitrogens with zero attached hydrogens (tertiary/aromatic N) is 2. The van der Waals surface area contributed by atoms with Gasteiger partial charge in [-0.05, 0) is 6.92 Å². The molecule has 72 valence electrons. The van der Waals surface area contributed by atoms with Gasteiger partial charge >= 0.3 is 6.08 Å². The molecule has 1 aromatic carbocycles. The maximum Gasteiger partial charge on any atom is 0.417 e. The molecule has 0 aliphatic heterocycles. The monoisotopic (exact) mass is 190 g/mol. The lowest BCUT2D eigenvalue weighted by Crippen LogP contribution is -1.90. The molecule has 0 fully saturated rings. The van der Waals surface area contributed by atoms with E-state index in [-0.39, 0.29) is 6.08 Å². The second-order valence-electron chi connectivity index (χ2n) is 2.68. The van der Waals surface area contributed by atoms with Gasteiger partial charge in [0.05, 0.1) is 6.61 Å². The SMILES string of the molecule is CCOc1nc(-c2ccccc2)no1. The molecule has 0 spiro atoms. The standard InChI is InChI=1S/C10H10N2O2/c1-2-13-10-11-9(12-14-10)8-6-4-3-5-7-8/h3-7H,2H2,1H3. The van der Waals surface area contributed by atoms with Crippen LogP contribution >= 0.6 is 0 Å². The topological polar surface area (TPSA) is 48.2 Å². The van der Waals surface area contributed by atoms with Gasteiger partial charge in [-0.1, -0.05) is 35.5 Å². The molecule has 0 unspecified atom stereocenters. The quantitative estimate of drug-likeness (QED) is 0.743. The second kappa shape index (κ2) is 3.91. The third kappa shape index (κ3) is 1.74. The molecule has 0 N–H and O–H groups in total. The first-order chi connectivity index (χ1) is 6.90. The van der Waals surface area contributed by atoms with Gasteiger partial charge in [-0.2, -0.15) is 4.98 Å². The van der Waals surface area contributed by atoms with Crippen molar-refractivity contribution in [3.8, 4) is 17.5 Å². The van der Waals surface area contributed by atoms with Crippen LogP contribution in [0.2, 0.25) is 0 Å². The fraction of sp³-hybridized carbons (Fsp3) is 0.200. The molecule has 0 atom stereocenters. The summed E-state index contributed by atoms with van der Waals surface area (Å²) in [5.41, 5.74) is 0.919. The normalized spacial score (nSPS) is 10.1. The molecule has 4 heteroatoms. The number of aromatic nitrogens is 2. The molecule has 1 aromatic heterocycles. The van der Waals surface area contributed by atoms with Crippen LogP contribution in [-0.4, -0.2) is 16.7 Å². The van der Waals surface area contributed by atoms with Gasteiger partial charge in [0.1, 0.15) is 0 Å². The van der Waals surface area contributed by atoms with E-state index in [1.54, 1.807) is 0 Å². The Labute approximate surface area is 81.5 Å². The van der Waals surface area contributed by atoms with Crippen molar-refractivity contribution in [2.75, 3.05) is 6.61 Å². The Bertz CT molecular complexity index is 398. The smallest absolute Gasteiger partial charge is 0.417 e. The zero-order chi connectivity index (χ0) is 9.80. The van der Waals surface area contributed by atoms with E-state index >= 15 is 0 Å². The van der Waals surface area contributed by atoms with Crippen molar-refractivity contribution >= 4 is 0 Å². The fourth-order valence-electron chi connectivity index (χ4n) is 1.10. The summed E-state index contributed by atoms with van der Waals surface area (Å²) in [6.07, 6.45) is 0.214. The first kappa shape index (κ1) is 8.74. The van der Waals surface area contributed by atoms with Crippen LogP contribution in [0.5, 0.6) is 6.08 Å². The van der Waals surface area contributed by atoms with E-state index < -0.39 is 0 Å². The highest BCUT2D eigenvalue weighted by Crippen LogP contribution is 2.17. The summed E-state index contributed by atoms with van der Waals surface area (Å²) < 4.78 is 9.94. The van der Waals surface area contributed by atoms with Gasteiger partial charge in [-0.25, -0.2) is 0 Å². The fourth-order valence-corrected chi connectivity index (χ4v) is 1.10. The van der Waals surface area contributed by atoms with Crippen LogP contribution < -0.4 is 4.74 Å². The Morgan fingerprint density at radius 2 is 2.07 bits per heavy atom.